The fourth-order valence-electron chi connectivity index (χ4n) is 2.07. The molecular formula is C16H10BrN3. The molecule has 2 aromatic carbocycles. The van der Waals surface area contributed by atoms with E-state index >= 15 is 0 Å². The van der Waals surface area contributed by atoms with Crippen molar-refractivity contribution in [2.75, 3.05) is 5.32 Å². The smallest absolute Gasteiger partial charge is 0.101 e. The molecule has 0 fully saturated rings. The quantitative estimate of drug-likeness (QED) is 0.749. The molecule has 0 aliphatic rings. The van der Waals surface area contributed by atoms with Gasteiger partial charge in [-0.25, -0.2) is 0 Å². The number of para-hydroxylation sites is 1. The molecule has 0 saturated carbocycles. The molecule has 0 spiro atoms. The summed E-state index contributed by atoms with van der Waals surface area (Å²) in [5.74, 6) is 0. The third-order valence-electron chi connectivity index (χ3n) is 3.00. The summed E-state index contributed by atoms with van der Waals surface area (Å²) in [5.41, 5.74) is 3.14. The zero-order valence-corrected chi connectivity index (χ0v) is 12.1. The van der Waals surface area contributed by atoms with Crippen LogP contribution in [-0.2, 0) is 0 Å². The molecule has 4 heteroatoms. The predicted octanol–water partition coefficient (Wildman–Crippen LogP) is 4.61. The van der Waals surface area contributed by atoms with Gasteiger partial charge in [0.05, 0.1) is 22.5 Å². The standard InChI is InChI=1S/C16H10BrN3/c17-13-6-7-14(12(9-13)10-18)20-15-5-1-3-11-4-2-8-19-16(11)15/h1-9,20H. The Morgan fingerprint density at radius 2 is 1.90 bits per heavy atom. The molecule has 0 unspecified atom stereocenters. The molecule has 0 aliphatic heterocycles. The number of nitriles is 1. The minimum atomic E-state index is 0.590. The van der Waals surface area contributed by atoms with E-state index in [1.165, 1.54) is 0 Å². The van der Waals surface area contributed by atoms with Crippen LogP contribution in [-0.4, -0.2) is 4.98 Å². The Hall–Kier alpha value is -2.38. The molecule has 1 aromatic heterocycles. The molecule has 0 saturated heterocycles. The first-order valence-corrected chi connectivity index (χ1v) is 6.87. The third-order valence-corrected chi connectivity index (χ3v) is 3.50. The first-order chi connectivity index (χ1) is 9.78. The average molecular weight is 324 g/mol. The van der Waals surface area contributed by atoms with Crippen molar-refractivity contribution in [1.29, 1.82) is 5.26 Å². The van der Waals surface area contributed by atoms with E-state index in [1.807, 2.05) is 42.5 Å². The molecule has 0 atom stereocenters. The number of fused-ring (bicyclic) bond motifs is 1. The molecule has 20 heavy (non-hydrogen) atoms. The van der Waals surface area contributed by atoms with Crippen molar-refractivity contribution < 1.29 is 0 Å². The number of aromatic nitrogens is 1. The van der Waals surface area contributed by atoms with Crippen molar-refractivity contribution in [3.8, 4) is 6.07 Å². The number of pyridine rings is 1. The van der Waals surface area contributed by atoms with Crippen molar-refractivity contribution in [2.45, 2.75) is 0 Å². The van der Waals surface area contributed by atoms with Crippen LogP contribution in [0, 0.1) is 11.3 Å². The monoisotopic (exact) mass is 323 g/mol. The number of nitrogens with zero attached hydrogens (tertiary/aromatic N) is 2. The molecular weight excluding hydrogens is 314 g/mol. The van der Waals surface area contributed by atoms with Gasteiger partial charge in [-0.05, 0) is 30.3 Å². The van der Waals surface area contributed by atoms with Crippen LogP contribution < -0.4 is 5.32 Å². The van der Waals surface area contributed by atoms with E-state index in [9.17, 15) is 5.26 Å². The first-order valence-electron chi connectivity index (χ1n) is 6.08. The van der Waals surface area contributed by atoms with Crippen molar-refractivity contribution in [3.05, 3.63) is 64.8 Å². The van der Waals surface area contributed by atoms with Crippen LogP contribution in [0.2, 0.25) is 0 Å². The number of hydrogen-bond donors (Lipinski definition) is 1. The van der Waals surface area contributed by atoms with Crippen molar-refractivity contribution in [3.63, 3.8) is 0 Å². The molecule has 3 rings (SSSR count). The Kier molecular flexibility index (Phi) is 3.36. The van der Waals surface area contributed by atoms with Gasteiger partial charge in [0.15, 0.2) is 0 Å². The molecule has 3 nitrogen and oxygen atoms in total. The lowest BCUT2D eigenvalue weighted by Gasteiger charge is -2.10. The highest BCUT2D eigenvalue weighted by Crippen LogP contribution is 2.27. The van der Waals surface area contributed by atoms with E-state index in [0.717, 1.165) is 26.8 Å². The van der Waals surface area contributed by atoms with Gasteiger partial charge in [0.1, 0.15) is 6.07 Å². The van der Waals surface area contributed by atoms with Gasteiger partial charge in [0, 0.05) is 16.1 Å². The lowest BCUT2D eigenvalue weighted by Crippen LogP contribution is -1.95. The van der Waals surface area contributed by atoms with Crippen LogP contribution in [0.4, 0.5) is 11.4 Å². The van der Waals surface area contributed by atoms with E-state index in [2.05, 4.69) is 32.3 Å². The Bertz CT molecular complexity index is 816. The number of nitrogens with one attached hydrogen (secondary N) is 1. The lowest BCUT2D eigenvalue weighted by molar-refractivity contribution is 1.40. The highest BCUT2D eigenvalue weighted by Gasteiger charge is 2.06. The Balaban J connectivity index is 2.08. The van der Waals surface area contributed by atoms with Gasteiger partial charge >= 0.3 is 0 Å². The summed E-state index contributed by atoms with van der Waals surface area (Å²) in [6, 6.07) is 17.6. The molecule has 1 heterocycles. The number of anilines is 2. The maximum Gasteiger partial charge on any atom is 0.101 e. The summed E-state index contributed by atoms with van der Waals surface area (Å²) in [6.45, 7) is 0. The van der Waals surface area contributed by atoms with Crippen LogP contribution in [0.5, 0.6) is 0 Å². The highest BCUT2D eigenvalue weighted by atomic mass is 79.9. The SMILES string of the molecule is N#Cc1cc(Br)ccc1Nc1cccc2cccnc12. The molecule has 0 aliphatic carbocycles. The second kappa shape index (κ2) is 5.32. The molecule has 96 valence electrons. The molecule has 0 radical (unpaired) electrons. The topological polar surface area (TPSA) is 48.7 Å². The van der Waals surface area contributed by atoms with Gasteiger partial charge in [0.25, 0.3) is 0 Å². The van der Waals surface area contributed by atoms with E-state index in [0.29, 0.717) is 5.56 Å². The third kappa shape index (κ3) is 2.36. The fourth-order valence-corrected chi connectivity index (χ4v) is 2.43. The number of halogens is 1. The zero-order valence-electron chi connectivity index (χ0n) is 10.5. The first kappa shape index (κ1) is 12.6. The second-order valence-electron chi connectivity index (χ2n) is 4.31. The normalized spacial score (nSPS) is 10.2. The molecule has 0 amide bonds. The summed E-state index contributed by atoms with van der Waals surface area (Å²) >= 11 is 3.37. The largest absolute Gasteiger partial charge is 0.353 e. The summed E-state index contributed by atoms with van der Waals surface area (Å²) < 4.78 is 0.885. The molecule has 0 bridgehead atoms. The van der Waals surface area contributed by atoms with Gasteiger partial charge < -0.3 is 5.32 Å². The Morgan fingerprint density at radius 1 is 1.05 bits per heavy atom. The second-order valence-corrected chi connectivity index (χ2v) is 5.22. The maximum absolute atomic E-state index is 9.21. The van der Waals surface area contributed by atoms with Crippen LogP contribution in [0.15, 0.2) is 59.2 Å². The van der Waals surface area contributed by atoms with Gasteiger partial charge in [-0.2, -0.15) is 5.26 Å². The van der Waals surface area contributed by atoms with Crippen LogP contribution in [0.25, 0.3) is 10.9 Å². The fraction of sp³-hybridized carbons (Fsp3) is 0. The van der Waals surface area contributed by atoms with Gasteiger partial charge in [-0.3, -0.25) is 4.98 Å². The minimum absolute atomic E-state index is 0.590. The minimum Gasteiger partial charge on any atom is -0.353 e. The van der Waals surface area contributed by atoms with Crippen molar-refractivity contribution >= 4 is 38.2 Å². The maximum atomic E-state index is 9.21. The lowest BCUT2D eigenvalue weighted by atomic mass is 10.1. The Morgan fingerprint density at radius 3 is 2.75 bits per heavy atom. The van der Waals surface area contributed by atoms with Crippen molar-refractivity contribution in [1.82, 2.24) is 4.98 Å². The Labute approximate surface area is 125 Å². The molecule has 3 aromatic rings. The highest BCUT2D eigenvalue weighted by molar-refractivity contribution is 9.10. The zero-order chi connectivity index (χ0) is 13.9. The molecule has 1 N–H and O–H groups in total. The van der Waals surface area contributed by atoms with Crippen LogP contribution >= 0.6 is 15.9 Å². The van der Waals surface area contributed by atoms with Crippen LogP contribution in [0.1, 0.15) is 5.56 Å². The summed E-state index contributed by atoms with van der Waals surface area (Å²) in [4.78, 5) is 4.40. The summed E-state index contributed by atoms with van der Waals surface area (Å²) in [7, 11) is 0. The van der Waals surface area contributed by atoms with Gasteiger partial charge in [-0.1, -0.05) is 34.1 Å². The number of hydrogen-bond acceptors (Lipinski definition) is 3. The van der Waals surface area contributed by atoms with Gasteiger partial charge in [0.2, 0.25) is 0 Å². The predicted molar refractivity (Wildman–Crippen MR) is 83.9 cm³/mol. The van der Waals surface area contributed by atoms with E-state index in [4.69, 9.17) is 0 Å². The van der Waals surface area contributed by atoms with E-state index < -0.39 is 0 Å². The summed E-state index contributed by atoms with van der Waals surface area (Å²) in [5, 5.41) is 13.6. The van der Waals surface area contributed by atoms with E-state index in [1.54, 1.807) is 12.3 Å². The van der Waals surface area contributed by atoms with E-state index in [-0.39, 0.29) is 0 Å². The van der Waals surface area contributed by atoms with Gasteiger partial charge in [-0.15, -0.1) is 0 Å². The number of rotatable bonds is 2. The summed E-state index contributed by atoms with van der Waals surface area (Å²) in [6.07, 6.45) is 1.76. The number of benzene rings is 2. The van der Waals surface area contributed by atoms with Crippen molar-refractivity contribution in [2.24, 2.45) is 0 Å². The van der Waals surface area contributed by atoms with Crippen LogP contribution in [0.3, 0.4) is 0 Å². The average Bonchev–Trinajstić information content (AvgIpc) is 2.49.